The van der Waals surface area contributed by atoms with Gasteiger partial charge in [-0.15, -0.1) is 22.7 Å². The number of halogens is 1. The molecule has 0 saturated carbocycles. The molecule has 0 fully saturated rings. The van der Waals surface area contributed by atoms with Gasteiger partial charge >= 0.3 is 0 Å². The molecule has 3 aromatic rings. The van der Waals surface area contributed by atoms with Gasteiger partial charge in [-0.05, 0) is 41.3 Å². The van der Waals surface area contributed by atoms with Crippen LogP contribution >= 0.6 is 22.7 Å². The molecule has 0 spiro atoms. The Morgan fingerprint density at radius 2 is 1.35 bits per heavy atom. The van der Waals surface area contributed by atoms with Crippen molar-refractivity contribution in [2.24, 2.45) is 0 Å². The van der Waals surface area contributed by atoms with Crippen LogP contribution in [0, 0.1) is 5.13 Å². The van der Waals surface area contributed by atoms with Crippen molar-refractivity contribution in [3.8, 4) is 20.2 Å². The highest BCUT2D eigenvalue weighted by atomic mass is 32.1. The molecular formula is C17H15FS2. The standard InChI is InChI=1S/C17H15FS2/c1-11(2)12-3-5-13(6-4-12)14-7-8-15(19-14)16-9-10-17(18)20-16/h3-11H,1-2H3. The van der Waals surface area contributed by atoms with Gasteiger partial charge in [-0.3, -0.25) is 0 Å². The molecule has 0 nitrogen and oxygen atoms in total. The molecule has 2 heterocycles. The van der Waals surface area contributed by atoms with Gasteiger partial charge in [0, 0.05) is 14.6 Å². The van der Waals surface area contributed by atoms with E-state index < -0.39 is 0 Å². The number of hydrogen-bond donors (Lipinski definition) is 0. The molecule has 3 rings (SSSR count). The highest BCUT2D eigenvalue weighted by Crippen LogP contribution is 2.37. The Morgan fingerprint density at radius 3 is 1.95 bits per heavy atom. The van der Waals surface area contributed by atoms with Gasteiger partial charge in [-0.1, -0.05) is 38.1 Å². The molecule has 0 unspecified atom stereocenters. The van der Waals surface area contributed by atoms with Crippen molar-refractivity contribution in [3.05, 3.63) is 59.2 Å². The monoisotopic (exact) mass is 302 g/mol. The first-order valence-corrected chi connectivity index (χ1v) is 8.22. The zero-order valence-corrected chi connectivity index (χ0v) is 13.0. The van der Waals surface area contributed by atoms with E-state index in [0.29, 0.717) is 5.92 Å². The van der Waals surface area contributed by atoms with E-state index in [0.717, 1.165) is 9.75 Å². The van der Waals surface area contributed by atoms with Crippen molar-refractivity contribution in [1.29, 1.82) is 0 Å². The van der Waals surface area contributed by atoms with Crippen LogP contribution in [-0.4, -0.2) is 0 Å². The average Bonchev–Trinajstić information content (AvgIpc) is 3.07. The maximum atomic E-state index is 13.1. The molecule has 0 aliphatic rings. The second kappa shape index (κ2) is 5.51. The molecule has 20 heavy (non-hydrogen) atoms. The predicted molar refractivity (Wildman–Crippen MR) is 87.1 cm³/mol. The summed E-state index contributed by atoms with van der Waals surface area (Å²) in [6.07, 6.45) is 0. The third-order valence-electron chi connectivity index (χ3n) is 3.28. The number of benzene rings is 1. The lowest BCUT2D eigenvalue weighted by Crippen LogP contribution is -1.85. The van der Waals surface area contributed by atoms with Gasteiger partial charge in [-0.2, -0.15) is 4.39 Å². The van der Waals surface area contributed by atoms with Crippen LogP contribution in [0.5, 0.6) is 0 Å². The van der Waals surface area contributed by atoms with Crippen LogP contribution in [0.3, 0.4) is 0 Å². The summed E-state index contributed by atoms with van der Waals surface area (Å²) in [4.78, 5) is 3.35. The van der Waals surface area contributed by atoms with E-state index in [1.165, 1.54) is 33.4 Å². The topological polar surface area (TPSA) is 0 Å². The first kappa shape index (κ1) is 13.5. The minimum absolute atomic E-state index is 0.128. The van der Waals surface area contributed by atoms with Crippen LogP contribution in [-0.2, 0) is 0 Å². The molecule has 1 aromatic carbocycles. The van der Waals surface area contributed by atoms with Gasteiger partial charge in [0.25, 0.3) is 0 Å². The summed E-state index contributed by atoms with van der Waals surface area (Å²) in [6, 6.07) is 16.3. The van der Waals surface area contributed by atoms with Crippen molar-refractivity contribution in [3.63, 3.8) is 0 Å². The molecule has 0 aliphatic heterocycles. The van der Waals surface area contributed by atoms with E-state index in [2.05, 4.69) is 50.2 Å². The molecular weight excluding hydrogens is 287 g/mol. The van der Waals surface area contributed by atoms with E-state index >= 15 is 0 Å². The molecule has 0 aliphatic carbocycles. The SMILES string of the molecule is CC(C)c1ccc(-c2ccc(-c3ccc(F)s3)s2)cc1. The van der Waals surface area contributed by atoms with Crippen LogP contribution < -0.4 is 0 Å². The molecule has 0 bridgehead atoms. The Bertz CT molecular complexity index is 705. The van der Waals surface area contributed by atoms with Gasteiger partial charge in [0.2, 0.25) is 0 Å². The number of thiophene rings is 2. The van der Waals surface area contributed by atoms with Gasteiger partial charge in [0.05, 0.1) is 0 Å². The lowest BCUT2D eigenvalue weighted by atomic mass is 10.0. The summed E-state index contributed by atoms with van der Waals surface area (Å²) in [7, 11) is 0. The Balaban J connectivity index is 1.90. The van der Waals surface area contributed by atoms with Crippen molar-refractivity contribution in [1.82, 2.24) is 0 Å². The van der Waals surface area contributed by atoms with Crippen molar-refractivity contribution in [2.75, 3.05) is 0 Å². The molecule has 0 radical (unpaired) electrons. The minimum atomic E-state index is -0.128. The number of hydrogen-bond acceptors (Lipinski definition) is 2. The summed E-state index contributed by atoms with van der Waals surface area (Å²) in [5.41, 5.74) is 2.58. The van der Waals surface area contributed by atoms with E-state index in [4.69, 9.17) is 0 Å². The maximum absolute atomic E-state index is 13.1. The quantitative estimate of drug-likeness (QED) is 0.524. The molecule has 0 amide bonds. The Kier molecular flexibility index (Phi) is 3.72. The van der Waals surface area contributed by atoms with E-state index in [-0.39, 0.29) is 5.13 Å². The van der Waals surface area contributed by atoms with Gasteiger partial charge in [-0.25, -0.2) is 0 Å². The maximum Gasteiger partial charge on any atom is 0.177 e. The van der Waals surface area contributed by atoms with Gasteiger partial charge in [0.1, 0.15) is 0 Å². The molecule has 0 atom stereocenters. The summed E-state index contributed by atoms with van der Waals surface area (Å²) >= 11 is 2.91. The normalized spacial score (nSPS) is 11.2. The fourth-order valence-corrected chi connectivity index (χ4v) is 3.94. The molecule has 0 N–H and O–H groups in total. The highest BCUT2D eigenvalue weighted by Gasteiger charge is 2.08. The highest BCUT2D eigenvalue weighted by molar-refractivity contribution is 7.23. The second-order valence-electron chi connectivity index (χ2n) is 5.04. The zero-order valence-electron chi connectivity index (χ0n) is 11.4. The molecule has 3 heteroatoms. The molecule has 2 aromatic heterocycles. The van der Waals surface area contributed by atoms with E-state index in [1.54, 1.807) is 11.3 Å². The zero-order chi connectivity index (χ0) is 14.1. The van der Waals surface area contributed by atoms with Crippen LogP contribution in [0.1, 0.15) is 25.3 Å². The van der Waals surface area contributed by atoms with Crippen LogP contribution in [0.2, 0.25) is 0 Å². The van der Waals surface area contributed by atoms with Crippen LogP contribution in [0.4, 0.5) is 4.39 Å². The van der Waals surface area contributed by atoms with Gasteiger partial charge in [0.15, 0.2) is 5.13 Å². The Labute approximate surface area is 126 Å². The van der Waals surface area contributed by atoms with Crippen molar-refractivity contribution < 1.29 is 4.39 Å². The summed E-state index contributed by atoms with van der Waals surface area (Å²) in [6.45, 7) is 4.40. The predicted octanol–water partition coefficient (Wildman–Crippen LogP) is 6.41. The second-order valence-corrected chi connectivity index (χ2v) is 7.16. The smallest absolute Gasteiger partial charge is 0.177 e. The van der Waals surface area contributed by atoms with E-state index in [9.17, 15) is 4.39 Å². The number of rotatable bonds is 3. The Morgan fingerprint density at radius 1 is 0.750 bits per heavy atom. The third kappa shape index (κ3) is 2.69. The summed E-state index contributed by atoms with van der Waals surface area (Å²) in [5, 5.41) is -0.128. The lowest BCUT2D eigenvalue weighted by Gasteiger charge is -2.05. The van der Waals surface area contributed by atoms with Crippen molar-refractivity contribution in [2.45, 2.75) is 19.8 Å². The fourth-order valence-electron chi connectivity index (χ4n) is 2.10. The van der Waals surface area contributed by atoms with Crippen LogP contribution in [0.15, 0.2) is 48.5 Å². The van der Waals surface area contributed by atoms with E-state index in [1.807, 2.05) is 6.07 Å². The Hall–Kier alpha value is -1.45. The summed E-state index contributed by atoms with van der Waals surface area (Å²) < 4.78 is 13.1. The molecule has 0 saturated heterocycles. The van der Waals surface area contributed by atoms with Crippen LogP contribution in [0.25, 0.3) is 20.2 Å². The van der Waals surface area contributed by atoms with Crippen molar-refractivity contribution >= 4 is 22.7 Å². The summed E-state index contributed by atoms with van der Waals surface area (Å²) in [5.74, 6) is 0.553. The first-order chi connectivity index (χ1) is 9.63. The molecule has 102 valence electrons. The largest absolute Gasteiger partial charge is 0.195 e. The first-order valence-electron chi connectivity index (χ1n) is 6.59. The lowest BCUT2D eigenvalue weighted by molar-refractivity contribution is 0.657. The third-order valence-corrected chi connectivity index (χ3v) is 5.49. The fraction of sp³-hybridized carbons (Fsp3) is 0.176. The minimum Gasteiger partial charge on any atom is -0.195 e. The average molecular weight is 302 g/mol. The van der Waals surface area contributed by atoms with Gasteiger partial charge < -0.3 is 0 Å².